The van der Waals surface area contributed by atoms with Gasteiger partial charge < -0.3 is 14.6 Å². The number of carboxylic acid groups (broad SMARTS) is 1. The lowest BCUT2D eigenvalue weighted by Crippen LogP contribution is -2.26. The second kappa shape index (κ2) is 7.33. The number of hydrogen-bond acceptors (Lipinski definition) is 6. The first-order valence-electron chi connectivity index (χ1n) is 10.3. The molecule has 1 aliphatic carbocycles. The molecule has 2 aliphatic rings. The minimum atomic E-state index is -3.71. The fourth-order valence-corrected chi connectivity index (χ4v) is 4.04. The highest BCUT2D eigenvalue weighted by atomic mass is 19.3. The average molecular weight is 452 g/mol. The van der Waals surface area contributed by atoms with Crippen LogP contribution in [0.25, 0.3) is 11.3 Å². The summed E-state index contributed by atoms with van der Waals surface area (Å²) in [6.45, 7) is 1.83. The van der Waals surface area contributed by atoms with Crippen LogP contribution in [0.5, 0.6) is 11.5 Å². The molecule has 7 nitrogen and oxygen atoms in total. The van der Waals surface area contributed by atoms with Gasteiger partial charge in [0.1, 0.15) is 5.82 Å². The number of fused-ring (bicyclic) bond motifs is 1. The molecule has 0 bridgehead atoms. The molecule has 1 aromatic heterocycles. The lowest BCUT2D eigenvalue weighted by Gasteiger charge is -2.15. The second-order valence-electron chi connectivity index (χ2n) is 8.21. The smallest absolute Gasteiger partial charge is 0.478 e. The molecule has 3 aromatic rings. The number of alkyl halides is 2. The van der Waals surface area contributed by atoms with E-state index in [0.29, 0.717) is 35.5 Å². The first-order chi connectivity index (χ1) is 15.7. The van der Waals surface area contributed by atoms with Gasteiger partial charge in [0.25, 0.3) is 0 Å². The summed E-state index contributed by atoms with van der Waals surface area (Å²) in [6.07, 6.45) is -0.922. The summed E-state index contributed by atoms with van der Waals surface area (Å²) in [5.41, 5.74) is 2.09. The Hall–Kier alpha value is -3.88. The third-order valence-electron chi connectivity index (χ3n) is 5.98. The van der Waals surface area contributed by atoms with E-state index in [-0.39, 0.29) is 29.3 Å². The van der Waals surface area contributed by atoms with E-state index in [0.717, 1.165) is 5.56 Å². The van der Waals surface area contributed by atoms with E-state index in [1.54, 1.807) is 24.4 Å². The number of aromatic nitrogens is 2. The molecule has 168 valence electrons. The fraction of sp³-hybridized carbons (Fsp3) is 0.250. The number of rotatable bonds is 6. The maximum Gasteiger partial charge on any atom is 0.586 e. The molecule has 1 N–H and O–H groups in total. The molecule has 9 heteroatoms. The molecular formula is C24H18F2N2O5. The van der Waals surface area contributed by atoms with Crippen molar-refractivity contribution in [3.63, 3.8) is 0 Å². The summed E-state index contributed by atoms with van der Waals surface area (Å²) in [5.74, 6) is -0.942. The molecule has 0 atom stereocenters. The van der Waals surface area contributed by atoms with Gasteiger partial charge in [0.15, 0.2) is 17.3 Å². The standard InChI is InChI=1S/C24H18F2N2O5/c1-13-12-27-20(28-21(13)14-2-4-15(5-3-14)22(30)31)11-19(29)23(8-9-23)16-6-7-17-18(10-16)33-24(25,26)32-17/h2-7,10,12H,8-9,11H2,1H3,(H,30,31). The number of aromatic carboxylic acids is 1. The zero-order valence-corrected chi connectivity index (χ0v) is 17.5. The highest BCUT2D eigenvalue weighted by Crippen LogP contribution is 2.52. The van der Waals surface area contributed by atoms with Gasteiger partial charge >= 0.3 is 12.3 Å². The van der Waals surface area contributed by atoms with Gasteiger partial charge in [-0.1, -0.05) is 18.2 Å². The van der Waals surface area contributed by atoms with Gasteiger partial charge in [0.2, 0.25) is 0 Å². The van der Waals surface area contributed by atoms with Crippen LogP contribution in [0.2, 0.25) is 0 Å². The van der Waals surface area contributed by atoms with E-state index in [4.69, 9.17) is 5.11 Å². The van der Waals surface area contributed by atoms with Crippen molar-refractivity contribution in [2.75, 3.05) is 0 Å². The van der Waals surface area contributed by atoms with Gasteiger partial charge in [-0.2, -0.15) is 0 Å². The minimum Gasteiger partial charge on any atom is -0.478 e. The summed E-state index contributed by atoms with van der Waals surface area (Å²) < 4.78 is 35.6. The van der Waals surface area contributed by atoms with Crippen molar-refractivity contribution in [1.82, 2.24) is 9.97 Å². The summed E-state index contributed by atoms with van der Waals surface area (Å²) in [6, 6.07) is 10.7. The summed E-state index contributed by atoms with van der Waals surface area (Å²) >= 11 is 0. The van der Waals surface area contributed by atoms with Crippen LogP contribution in [0.15, 0.2) is 48.7 Å². The van der Waals surface area contributed by atoms with Gasteiger partial charge in [-0.15, -0.1) is 8.78 Å². The summed E-state index contributed by atoms with van der Waals surface area (Å²) in [7, 11) is 0. The molecule has 5 rings (SSSR count). The van der Waals surface area contributed by atoms with Crippen molar-refractivity contribution in [3.05, 3.63) is 71.2 Å². The van der Waals surface area contributed by atoms with Crippen LogP contribution in [-0.4, -0.2) is 33.1 Å². The number of carboxylic acids is 1. The quantitative estimate of drug-likeness (QED) is 0.595. The Balaban J connectivity index is 1.38. The third-order valence-corrected chi connectivity index (χ3v) is 5.98. The number of carbonyl (C=O) groups excluding carboxylic acids is 1. The van der Waals surface area contributed by atoms with E-state index in [2.05, 4.69) is 19.4 Å². The normalized spacial score (nSPS) is 16.9. The van der Waals surface area contributed by atoms with E-state index in [1.165, 1.54) is 24.3 Å². The maximum atomic E-state index is 13.3. The van der Waals surface area contributed by atoms with E-state index in [1.807, 2.05) is 6.92 Å². The summed E-state index contributed by atoms with van der Waals surface area (Å²) in [5, 5.41) is 9.08. The first-order valence-corrected chi connectivity index (χ1v) is 10.3. The molecule has 33 heavy (non-hydrogen) atoms. The van der Waals surface area contributed by atoms with Crippen molar-refractivity contribution < 1.29 is 33.0 Å². The molecule has 2 heterocycles. The van der Waals surface area contributed by atoms with Crippen LogP contribution < -0.4 is 9.47 Å². The van der Waals surface area contributed by atoms with Crippen molar-refractivity contribution in [2.24, 2.45) is 0 Å². The van der Waals surface area contributed by atoms with Crippen LogP contribution in [-0.2, 0) is 16.6 Å². The van der Waals surface area contributed by atoms with Crippen LogP contribution in [0, 0.1) is 6.92 Å². The van der Waals surface area contributed by atoms with Gasteiger partial charge in [-0.25, -0.2) is 14.8 Å². The maximum absolute atomic E-state index is 13.3. The highest BCUT2D eigenvalue weighted by molar-refractivity contribution is 5.94. The van der Waals surface area contributed by atoms with E-state index in [9.17, 15) is 18.4 Å². The van der Waals surface area contributed by atoms with Gasteiger partial charge in [-0.3, -0.25) is 4.79 Å². The highest BCUT2D eigenvalue weighted by Gasteiger charge is 2.52. The number of ketones is 1. The van der Waals surface area contributed by atoms with Crippen LogP contribution >= 0.6 is 0 Å². The van der Waals surface area contributed by atoms with Crippen LogP contribution in [0.4, 0.5) is 8.78 Å². The first kappa shape index (κ1) is 21.0. The Labute approximate surface area is 187 Å². The third kappa shape index (κ3) is 3.79. The predicted octanol–water partition coefficient (Wildman–Crippen LogP) is 4.32. The van der Waals surface area contributed by atoms with Gasteiger partial charge in [0.05, 0.1) is 23.1 Å². The molecule has 0 amide bonds. The SMILES string of the molecule is Cc1cnc(CC(=O)C2(c3ccc4c(c3)OC(F)(F)O4)CC2)nc1-c1ccc(C(=O)O)cc1. The molecule has 1 saturated carbocycles. The zero-order chi connectivity index (χ0) is 23.4. The lowest BCUT2D eigenvalue weighted by atomic mass is 9.89. The van der Waals surface area contributed by atoms with Crippen molar-refractivity contribution in [2.45, 2.75) is 37.9 Å². The molecule has 0 saturated heterocycles. The Morgan fingerprint density at radius 1 is 1.06 bits per heavy atom. The van der Waals surface area contributed by atoms with Crippen LogP contribution in [0.1, 0.15) is 40.2 Å². The Morgan fingerprint density at radius 2 is 1.76 bits per heavy atom. The molecule has 0 unspecified atom stereocenters. The Morgan fingerprint density at radius 3 is 2.42 bits per heavy atom. The number of ether oxygens (including phenoxy) is 2. The van der Waals surface area contributed by atoms with Crippen molar-refractivity contribution >= 4 is 11.8 Å². The van der Waals surface area contributed by atoms with Gasteiger partial charge in [-0.05, 0) is 55.2 Å². The second-order valence-corrected chi connectivity index (χ2v) is 8.21. The summed E-state index contributed by atoms with van der Waals surface area (Å²) in [4.78, 5) is 33.1. The van der Waals surface area contributed by atoms with Gasteiger partial charge in [0, 0.05) is 11.8 Å². The zero-order valence-electron chi connectivity index (χ0n) is 17.5. The minimum absolute atomic E-state index is 0.0227. The molecule has 1 fully saturated rings. The van der Waals surface area contributed by atoms with Crippen molar-refractivity contribution in [3.8, 4) is 22.8 Å². The molecule has 2 aromatic carbocycles. The number of carbonyl (C=O) groups is 2. The van der Waals surface area contributed by atoms with E-state index >= 15 is 0 Å². The molecule has 0 spiro atoms. The predicted molar refractivity (Wildman–Crippen MR) is 111 cm³/mol. The molecule has 1 aliphatic heterocycles. The number of benzene rings is 2. The van der Waals surface area contributed by atoms with E-state index < -0.39 is 17.7 Å². The topological polar surface area (TPSA) is 98.6 Å². The lowest BCUT2D eigenvalue weighted by molar-refractivity contribution is -0.286. The number of hydrogen-bond donors (Lipinski definition) is 1. The number of halogens is 2. The number of nitrogens with zero attached hydrogens (tertiary/aromatic N) is 2. The largest absolute Gasteiger partial charge is 0.586 e. The monoisotopic (exact) mass is 452 g/mol. The average Bonchev–Trinajstić information content (AvgIpc) is 3.52. The number of Topliss-reactive ketones (excluding diaryl/α,β-unsaturated/α-hetero) is 1. The number of aryl methyl sites for hydroxylation is 1. The van der Waals surface area contributed by atoms with Crippen LogP contribution in [0.3, 0.4) is 0 Å². The molecular weight excluding hydrogens is 434 g/mol. The van der Waals surface area contributed by atoms with Crippen molar-refractivity contribution in [1.29, 1.82) is 0 Å². The fourth-order valence-electron chi connectivity index (χ4n) is 4.04. The Kier molecular flexibility index (Phi) is 4.66. The Bertz CT molecular complexity index is 1290. The molecule has 0 radical (unpaired) electrons.